The Bertz CT molecular complexity index is 730. The van der Waals surface area contributed by atoms with Gasteiger partial charge in [0.1, 0.15) is 0 Å². The minimum Gasteiger partial charge on any atom is -0.457 e. The van der Waals surface area contributed by atoms with Crippen LogP contribution in [0.15, 0.2) is 11.1 Å². The summed E-state index contributed by atoms with van der Waals surface area (Å²) < 4.78 is 8.45. The molecule has 5 aliphatic rings. The van der Waals surface area contributed by atoms with Crippen molar-refractivity contribution in [1.29, 1.82) is 0 Å². The third kappa shape index (κ3) is 3.57. The summed E-state index contributed by atoms with van der Waals surface area (Å²) in [6, 6.07) is 1.37. The highest BCUT2D eigenvalue weighted by Gasteiger charge is 2.76. The summed E-state index contributed by atoms with van der Waals surface area (Å²) in [4.78, 5) is 0. The third-order valence-electron chi connectivity index (χ3n) is 10.4. The van der Waals surface area contributed by atoms with Gasteiger partial charge < -0.3 is 4.12 Å². The zero-order chi connectivity index (χ0) is 23.3. The van der Waals surface area contributed by atoms with Crippen LogP contribution in [0.2, 0.25) is 69.6 Å². The van der Waals surface area contributed by atoms with E-state index in [9.17, 15) is 0 Å². The topological polar surface area (TPSA) is 9.23 Å². The van der Waals surface area contributed by atoms with Crippen LogP contribution in [0.3, 0.4) is 0 Å². The van der Waals surface area contributed by atoms with Crippen molar-refractivity contribution in [3.63, 3.8) is 0 Å². The van der Waals surface area contributed by atoms with Gasteiger partial charge in [0.15, 0.2) is 16.2 Å². The molecule has 4 saturated carbocycles. The molecule has 4 fully saturated rings. The number of allylic oxidation sites excluding steroid dienone is 2. The van der Waals surface area contributed by atoms with Crippen molar-refractivity contribution in [2.75, 3.05) is 0 Å². The van der Waals surface area contributed by atoms with Gasteiger partial charge in [0.25, 0.3) is 0 Å². The highest BCUT2D eigenvalue weighted by molar-refractivity contribution is 7.43. The van der Waals surface area contributed by atoms with Gasteiger partial charge in [-0.1, -0.05) is 50.4 Å². The van der Waals surface area contributed by atoms with Crippen LogP contribution in [0, 0.1) is 23.2 Å². The minimum atomic E-state index is -2.02. The molecule has 0 radical (unpaired) electrons. The van der Waals surface area contributed by atoms with Crippen molar-refractivity contribution in [2.24, 2.45) is 23.2 Å². The average Bonchev–Trinajstić information content (AvgIpc) is 2.52. The Morgan fingerprint density at radius 1 is 0.742 bits per heavy atom. The van der Waals surface area contributed by atoms with Crippen LogP contribution in [0.5, 0.6) is 0 Å². The first kappa shape index (κ1) is 24.7. The smallest absolute Gasteiger partial charge is 0.174 e. The monoisotopic (exact) mass is 492 g/mol. The average molecular weight is 493 g/mol. The van der Waals surface area contributed by atoms with E-state index in [0.717, 1.165) is 17.8 Å². The molecule has 4 bridgehead atoms. The van der Waals surface area contributed by atoms with Crippen molar-refractivity contribution >= 4 is 31.8 Å². The molecule has 0 unspecified atom stereocenters. The fourth-order valence-electron chi connectivity index (χ4n) is 9.99. The molecule has 1 aliphatic heterocycles. The summed E-state index contributed by atoms with van der Waals surface area (Å²) >= 11 is 0. The summed E-state index contributed by atoms with van der Waals surface area (Å²) in [5, 5.41) is 0. The molecular weight excluding hydrogens is 441 g/mol. The maximum Gasteiger partial charge on any atom is 0.174 e. The zero-order valence-electron chi connectivity index (χ0n) is 22.8. The van der Waals surface area contributed by atoms with E-state index in [4.69, 9.17) is 4.12 Å². The molecule has 1 nitrogen and oxygen atoms in total. The standard InChI is InChI=1S/C26H52OSi4/c1-20-15-26(28(3,4)5,25-16-22-12-23(17-25)14-24(13-22)18-25)31(19-21(20)2,30(9,10)11)27-29(6,7)8/h22-24H,12-19H2,1-11H3/t22?,23?,24?,25?,26-,31+/m1/s1. The Morgan fingerprint density at radius 3 is 1.55 bits per heavy atom. The Labute approximate surface area is 198 Å². The quantitative estimate of drug-likeness (QED) is 0.275. The Balaban J connectivity index is 2.04. The van der Waals surface area contributed by atoms with Gasteiger partial charge in [0.2, 0.25) is 0 Å². The minimum absolute atomic E-state index is 0.525. The van der Waals surface area contributed by atoms with Crippen LogP contribution in [-0.4, -0.2) is 31.8 Å². The third-order valence-corrected chi connectivity index (χ3v) is 37.2. The van der Waals surface area contributed by atoms with Crippen molar-refractivity contribution < 1.29 is 4.12 Å². The van der Waals surface area contributed by atoms with Gasteiger partial charge in [-0.3, -0.25) is 0 Å². The Hall–Kier alpha value is 0.568. The van der Waals surface area contributed by atoms with E-state index in [1.54, 1.807) is 49.7 Å². The van der Waals surface area contributed by atoms with Gasteiger partial charge in [-0.15, -0.1) is 0 Å². The van der Waals surface area contributed by atoms with Crippen molar-refractivity contribution in [3.05, 3.63) is 11.1 Å². The molecule has 0 saturated heterocycles. The largest absolute Gasteiger partial charge is 0.457 e. The summed E-state index contributed by atoms with van der Waals surface area (Å²) in [5.41, 5.74) is 4.09. The molecule has 4 aliphatic carbocycles. The second-order valence-corrected chi connectivity index (χ2v) is 40.7. The van der Waals surface area contributed by atoms with E-state index in [1.807, 2.05) is 0 Å². The van der Waals surface area contributed by atoms with Gasteiger partial charge in [-0.2, -0.15) is 0 Å². The molecule has 31 heavy (non-hydrogen) atoms. The van der Waals surface area contributed by atoms with Crippen molar-refractivity contribution in [1.82, 2.24) is 0 Å². The van der Waals surface area contributed by atoms with Crippen LogP contribution in [-0.2, 0) is 4.12 Å². The fourth-order valence-corrected chi connectivity index (χ4v) is 49.1. The molecule has 1 heterocycles. The lowest BCUT2D eigenvalue weighted by Crippen LogP contribution is -2.80. The lowest BCUT2D eigenvalue weighted by molar-refractivity contribution is -0.0704. The van der Waals surface area contributed by atoms with Gasteiger partial charge in [0.05, 0.1) is 15.7 Å². The van der Waals surface area contributed by atoms with E-state index in [-0.39, 0.29) is 0 Å². The maximum atomic E-state index is 7.92. The number of rotatable bonds is 5. The number of hydrogen-bond donors (Lipinski definition) is 0. The molecule has 0 amide bonds. The predicted molar refractivity (Wildman–Crippen MR) is 148 cm³/mol. The fraction of sp³-hybridized carbons (Fsp3) is 0.923. The predicted octanol–water partition coefficient (Wildman–Crippen LogP) is 8.77. The van der Waals surface area contributed by atoms with Crippen LogP contribution < -0.4 is 0 Å². The van der Waals surface area contributed by atoms with E-state index in [0.29, 0.717) is 10.1 Å². The maximum absolute atomic E-state index is 7.92. The Morgan fingerprint density at radius 2 is 1.19 bits per heavy atom. The molecule has 178 valence electrons. The lowest BCUT2D eigenvalue weighted by atomic mass is 9.48. The molecule has 0 spiro atoms. The highest BCUT2D eigenvalue weighted by atomic mass is 29.3. The van der Waals surface area contributed by atoms with E-state index >= 15 is 0 Å². The lowest BCUT2D eigenvalue weighted by Gasteiger charge is -2.75. The molecule has 0 aromatic carbocycles. The van der Waals surface area contributed by atoms with Crippen molar-refractivity contribution in [2.45, 2.75) is 128 Å². The van der Waals surface area contributed by atoms with E-state index in [2.05, 4.69) is 72.8 Å². The highest BCUT2D eigenvalue weighted by Crippen LogP contribution is 2.77. The normalized spacial score (nSPS) is 43.6. The Kier molecular flexibility index (Phi) is 5.80. The molecule has 2 atom stereocenters. The number of hydrogen-bond acceptors (Lipinski definition) is 1. The first-order valence-corrected chi connectivity index (χ1v) is 26.8. The van der Waals surface area contributed by atoms with Gasteiger partial charge in [0, 0.05) is 0 Å². The second kappa shape index (κ2) is 7.28. The van der Waals surface area contributed by atoms with Crippen molar-refractivity contribution in [3.8, 4) is 0 Å². The molecule has 5 heteroatoms. The van der Waals surface area contributed by atoms with Gasteiger partial charge >= 0.3 is 0 Å². The van der Waals surface area contributed by atoms with Crippen LogP contribution in [0.4, 0.5) is 0 Å². The zero-order valence-corrected chi connectivity index (χ0v) is 26.8. The van der Waals surface area contributed by atoms with Gasteiger partial charge in [-0.25, -0.2) is 0 Å². The van der Waals surface area contributed by atoms with E-state index in [1.165, 1.54) is 12.5 Å². The molecule has 5 rings (SSSR count). The van der Waals surface area contributed by atoms with Crippen LogP contribution >= 0.6 is 0 Å². The van der Waals surface area contributed by atoms with Crippen LogP contribution in [0.25, 0.3) is 0 Å². The summed E-state index contributed by atoms with van der Waals surface area (Å²) in [6.45, 7) is 29.1. The molecular formula is C26H52OSi4. The molecule has 0 aromatic rings. The van der Waals surface area contributed by atoms with E-state index < -0.39 is 31.8 Å². The molecule has 0 aromatic heterocycles. The molecule has 0 N–H and O–H groups in total. The summed E-state index contributed by atoms with van der Waals surface area (Å²) in [6.07, 6.45) is 10.8. The summed E-state index contributed by atoms with van der Waals surface area (Å²) in [7, 11) is -6.77. The first-order chi connectivity index (χ1) is 14.0. The first-order valence-electron chi connectivity index (χ1n) is 13.3. The second-order valence-electron chi connectivity index (χ2n) is 15.6. The van der Waals surface area contributed by atoms with Gasteiger partial charge in [-0.05, 0) is 112 Å². The van der Waals surface area contributed by atoms with Crippen LogP contribution in [0.1, 0.15) is 58.8 Å². The summed E-state index contributed by atoms with van der Waals surface area (Å²) in [5.74, 6) is 3.10. The SMILES string of the molecule is CC1=C(C)C[Si@](O[Si](C)(C)C)([Si](C)(C)C)[C@](C23CC4CC(CC(C4)C2)C3)([Si](C)(C)C)C1.